The lowest BCUT2D eigenvalue weighted by Gasteiger charge is -2.29. The number of hydrogen-bond acceptors (Lipinski definition) is 5. The number of carbonyl (C=O) groups excluding carboxylic acids is 1. The van der Waals surface area contributed by atoms with Crippen LogP contribution < -0.4 is 15.8 Å². The smallest absolute Gasteiger partial charge is 0.254 e. The van der Waals surface area contributed by atoms with Gasteiger partial charge >= 0.3 is 0 Å². The molecule has 7 nitrogen and oxygen atoms in total. The summed E-state index contributed by atoms with van der Waals surface area (Å²) in [4.78, 5) is 11.7. The third-order valence-corrected chi connectivity index (χ3v) is 4.19. The van der Waals surface area contributed by atoms with Gasteiger partial charge in [0.05, 0.1) is 22.6 Å². The van der Waals surface area contributed by atoms with Crippen LogP contribution in [0, 0.1) is 5.82 Å². The van der Waals surface area contributed by atoms with Gasteiger partial charge in [-0.3, -0.25) is 4.79 Å². The molecule has 1 saturated heterocycles. The molecule has 2 atom stereocenters. The van der Waals surface area contributed by atoms with Gasteiger partial charge < -0.3 is 15.7 Å². The molecule has 0 aliphatic carbocycles. The van der Waals surface area contributed by atoms with Crippen LogP contribution in [-0.4, -0.2) is 44.7 Å². The SMILES string of the molecule is Cl.NS(=O)(=O)c1ccc(F)c(C(=O)N[C@@H]2CCNC[C@H]2O)c1. The Morgan fingerprint density at radius 1 is 1.45 bits per heavy atom. The number of benzene rings is 1. The highest BCUT2D eigenvalue weighted by Gasteiger charge is 2.26. The average molecular weight is 354 g/mol. The summed E-state index contributed by atoms with van der Waals surface area (Å²) in [7, 11) is -4.03. The second kappa shape index (κ2) is 7.34. The zero-order valence-electron chi connectivity index (χ0n) is 11.5. The van der Waals surface area contributed by atoms with E-state index in [1.165, 1.54) is 0 Å². The number of piperidine rings is 1. The van der Waals surface area contributed by atoms with E-state index in [9.17, 15) is 22.7 Å². The number of primary sulfonamides is 1. The summed E-state index contributed by atoms with van der Waals surface area (Å²) in [5.41, 5.74) is -0.424. The van der Waals surface area contributed by atoms with Crippen molar-refractivity contribution in [2.45, 2.75) is 23.5 Å². The maximum Gasteiger partial charge on any atom is 0.254 e. The van der Waals surface area contributed by atoms with Crippen molar-refractivity contribution >= 4 is 28.3 Å². The van der Waals surface area contributed by atoms with Crippen molar-refractivity contribution in [3.63, 3.8) is 0 Å². The summed E-state index contributed by atoms with van der Waals surface area (Å²) in [5, 5.41) is 20.1. The number of aliphatic hydroxyl groups is 1. The predicted octanol–water partition coefficient (Wildman–Crippen LogP) is -0.652. The fourth-order valence-electron chi connectivity index (χ4n) is 2.11. The fourth-order valence-corrected chi connectivity index (χ4v) is 2.65. The molecule has 22 heavy (non-hydrogen) atoms. The minimum absolute atomic E-state index is 0. The topological polar surface area (TPSA) is 122 Å². The van der Waals surface area contributed by atoms with Gasteiger partial charge in [-0.15, -0.1) is 12.4 Å². The van der Waals surface area contributed by atoms with Crippen molar-refractivity contribution in [3.05, 3.63) is 29.6 Å². The molecule has 2 rings (SSSR count). The van der Waals surface area contributed by atoms with Crippen LogP contribution in [0.1, 0.15) is 16.8 Å². The number of nitrogens with one attached hydrogen (secondary N) is 2. The van der Waals surface area contributed by atoms with Crippen LogP contribution in [0.4, 0.5) is 4.39 Å². The molecule has 1 aromatic rings. The highest BCUT2D eigenvalue weighted by Crippen LogP contribution is 2.15. The Bertz CT molecular complexity index is 656. The first-order chi connectivity index (χ1) is 9.79. The van der Waals surface area contributed by atoms with Gasteiger partial charge in [-0.05, 0) is 31.2 Å². The van der Waals surface area contributed by atoms with Crippen LogP contribution in [0.5, 0.6) is 0 Å². The first-order valence-electron chi connectivity index (χ1n) is 6.31. The van der Waals surface area contributed by atoms with Gasteiger partial charge in [0.15, 0.2) is 0 Å². The number of rotatable bonds is 3. The Labute approximate surface area is 133 Å². The van der Waals surface area contributed by atoms with Crippen LogP contribution in [0.25, 0.3) is 0 Å². The largest absolute Gasteiger partial charge is 0.390 e. The lowest BCUT2D eigenvalue weighted by Crippen LogP contribution is -2.52. The van der Waals surface area contributed by atoms with E-state index < -0.39 is 39.5 Å². The van der Waals surface area contributed by atoms with Crippen LogP contribution in [0.15, 0.2) is 23.1 Å². The highest BCUT2D eigenvalue weighted by atomic mass is 35.5. The fraction of sp³-hybridized carbons (Fsp3) is 0.417. The number of β-amino-alcohol motifs (C(OH)–C–C–N with tert-alkyl or cyclic N) is 1. The van der Waals surface area contributed by atoms with E-state index in [1.54, 1.807) is 0 Å². The van der Waals surface area contributed by atoms with E-state index in [0.29, 0.717) is 19.5 Å². The number of hydrogen-bond donors (Lipinski definition) is 4. The van der Waals surface area contributed by atoms with E-state index in [-0.39, 0.29) is 17.3 Å². The van der Waals surface area contributed by atoms with Crippen molar-refractivity contribution in [1.29, 1.82) is 0 Å². The Morgan fingerprint density at radius 3 is 2.73 bits per heavy atom. The number of sulfonamides is 1. The normalized spacial score (nSPS) is 21.8. The number of aliphatic hydroxyl groups excluding tert-OH is 1. The van der Waals surface area contributed by atoms with Gasteiger partial charge in [-0.25, -0.2) is 17.9 Å². The Morgan fingerprint density at radius 2 is 2.14 bits per heavy atom. The van der Waals surface area contributed by atoms with Crippen molar-refractivity contribution < 1.29 is 22.7 Å². The summed E-state index contributed by atoms with van der Waals surface area (Å²) in [6, 6.07) is 2.22. The molecular formula is C12H17ClFN3O4S. The van der Waals surface area contributed by atoms with E-state index >= 15 is 0 Å². The zero-order chi connectivity index (χ0) is 15.6. The third-order valence-electron chi connectivity index (χ3n) is 3.28. The number of halogens is 2. The molecule has 0 saturated carbocycles. The molecule has 5 N–H and O–H groups in total. The zero-order valence-corrected chi connectivity index (χ0v) is 13.1. The second-order valence-electron chi connectivity index (χ2n) is 4.83. The van der Waals surface area contributed by atoms with Crippen LogP contribution in [0.2, 0.25) is 0 Å². The van der Waals surface area contributed by atoms with E-state index in [4.69, 9.17) is 5.14 Å². The average Bonchev–Trinajstić information content (AvgIpc) is 2.40. The lowest BCUT2D eigenvalue weighted by molar-refractivity contribution is 0.0762. The Balaban J connectivity index is 0.00000242. The van der Waals surface area contributed by atoms with Crippen molar-refractivity contribution in [2.24, 2.45) is 5.14 Å². The Hall–Kier alpha value is -1.26. The summed E-state index contributed by atoms with van der Waals surface area (Å²) >= 11 is 0. The monoisotopic (exact) mass is 353 g/mol. The standard InChI is InChI=1S/C12H16FN3O4S.ClH/c13-9-2-1-7(21(14,19)20)5-8(9)12(18)16-10-3-4-15-6-11(10)17;/h1-2,5,10-11,15,17H,3-4,6H2,(H,16,18)(H2,14,19,20);1H/t10-,11-;/m1./s1. The van der Waals surface area contributed by atoms with Gasteiger partial charge in [0, 0.05) is 6.54 Å². The van der Waals surface area contributed by atoms with Gasteiger partial charge in [-0.1, -0.05) is 0 Å². The van der Waals surface area contributed by atoms with Crippen molar-refractivity contribution in [1.82, 2.24) is 10.6 Å². The molecule has 0 unspecified atom stereocenters. The molecule has 0 aromatic heterocycles. The molecule has 1 aliphatic rings. The molecular weight excluding hydrogens is 337 g/mol. The number of amides is 1. The van der Waals surface area contributed by atoms with Gasteiger partial charge in [-0.2, -0.15) is 0 Å². The molecule has 124 valence electrons. The molecule has 1 heterocycles. The van der Waals surface area contributed by atoms with Gasteiger partial charge in [0.25, 0.3) is 5.91 Å². The third kappa shape index (κ3) is 4.37. The minimum Gasteiger partial charge on any atom is -0.390 e. The van der Waals surface area contributed by atoms with Crippen LogP contribution in [-0.2, 0) is 10.0 Å². The predicted molar refractivity (Wildman–Crippen MR) is 79.8 cm³/mol. The maximum absolute atomic E-state index is 13.7. The van der Waals surface area contributed by atoms with Crippen LogP contribution in [0.3, 0.4) is 0 Å². The van der Waals surface area contributed by atoms with E-state index in [0.717, 1.165) is 18.2 Å². The highest BCUT2D eigenvalue weighted by molar-refractivity contribution is 7.89. The molecule has 0 bridgehead atoms. The van der Waals surface area contributed by atoms with Gasteiger partial charge in [0.1, 0.15) is 5.82 Å². The first kappa shape index (κ1) is 18.8. The quantitative estimate of drug-likeness (QED) is 0.575. The summed E-state index contributed by atoms with van der Waals surface area (Å²) in [5.74, 6) is -1.65. The molecule has 0 radical (unpaired) electrons. The number of nitrogens with two attached hydrogens (primary N) is 1. The maximum atomic E-state index is 13.7. The Kier molecular flexibility index (Phi) is 6.27. The van der Waals surface area contributed by atoms with Crippen LogP contribution >= 0.6 is 12.4 Å². The molecule has 0 spiro atoms. The van der Waals surface area contributed by atoms with E-state index in [2.05, 4.69) is 10.6 Å². The lowest BCUT2D eigenvalue weighted by atomic mass is 10.0. The molecule has 1 fully saturated rings. The summed E-state index contributed by atoms with van der Waals surface area (Å²) in [6.45, 7) is 0.937. The molecule has 1 amide bonds. The molecule has 1 aromatic carbocycles. The second-order valence-corrected chi connectivity index (χ2v) is 6.39. The van der Waals surface area contributed by atoms with E-state index in [1.807, 2.05) is 0 Å². The minimum atomic E-state index is -4.03. The number of carbonyl (C=O) groups is 1. The van der Waals surface area contributed by atoms with Crippen molar-refractivity contribution in [3.8, 4) is 0 Å². The summed E-state index contributed by atoms with van der Waals surface area (Å²) in [6.07, 6.45) is -0.296. The summed E-state index contributed by atoms with van der Waals surface area (Å²) < 4.78 is 36.2. The van der Waals surface area contributed by atoms with Crippen molar-refractivity contribution in [2.75, 3.05) is 13.1 Å². The molecule has 10 heteroatoms. The first-order valence-corrected chi connectivity index (χ1v) is 7.85. The van der Waals surface area contributed by atoms with Gasteiger partial charge in [0.2, 0.25) is 10.0 Å². The molecule has 1 aliphatic heterocycles.